The first-order valence-electron chi connectivity index (χ1n) is 7.80. The van der Waals surface area contributed by atoms with E-state index in [1.807, 2.05) is 36.6 Å². The van der Waals surface area contributed by atoms with Crippen molar-refractivity contribution in [2.24, 2.45) is 5.92 Å². The molecule has 4 heteroatoms. The Morgan fingerprint density at radius 1 is 1.36 bits per heavy atom. The zero-order valence-electron chi connectivity index (χ0n) is 13.0. The highest BCUT2D eigenvalue weighted by Gasteiger charge is 2.23. The molecule has 1 heterocycles. The van der Waals surface area contributed by atoms with Crippen LogP contribution < -0.4 is 10.1 Å². The largest absolute Gasteiger partial charge is 0.494 e. The Bertz CT molecular complexity index is 660. The van der Waals surface area contributed by atoms with Crippen LogP contribution in [0, 0.1) is 5.92 Å². The maximum atomic E-state index is 12.5. The molecule has 1 unspecified atom stereocenters. The number of thiophene rings is 1. The molecular formula is C18H21NO2S. The molecule has 0 aliphatic heterocycles. The van der Waals surface area contributed by atoms with Crippen molar-refractivity contribution in [3.8, 4) is 5.75 Å². The molecule has 1 N–H and O–H groups in total. The van der Waals surface area contributed by atoms with Gasteiger partial charge >= 0.3 is 0 Å². The highest BCUT2D eigenvalue weighted by molar-refractivity contribution is 7.10. The minimum atomic E-state index is -0.00351. The second-order valence-corrected chi connectivity index (χ2v) is 6.77. The Morgan fingerprint density at radius 2 is 2.14 bits per heavy atom. The number of hydrogen-bond acceptors (Lipinski definition) is 3. The van der Waals surface area contributed by atoms with E-state index in [4.69, 9.17) is 4.74 Å². The minimum Gasteiger partial charge on any atom is -0.494 e. The molecule has 0 fully saturated rings. The molecule has 1 aromatic carbocycles. The van der Waals surface area contributed by atoms with Crippen molar-refractivity contribution >= 4 is 22.9 Å². The first-order chi connectivity index (χ1) is 10.7. The number of nitrogens with one attached hydrogen (secondary N) is 1. The monoisotopic (exact) mass is 315 g/mol. The quantitative estimate of drug-likeness (QED) is 0.900. The van der Waals surface area contributed by atoms with Crippen LogP contribution in [0.2, 0.25) is 0 Å². The Kier molecular flexibility index (Phi) is 4.48. The molecule has 2 aromatic rings. The summed E-state index contributed by atoms with van der Waals surface area (Å²) in [6, 6.07) is 7.52. The molecule has 0 radical (unpaired) electrons. The first-order valence-corrected chi connectivity index (χ1v) is 8.68. The summed E-state index contributed by atoms with van der Waals surface area (Å²) in [6.07, 6.45) is 3.30. The Balaban J connectivity index is 1.72. The predicted octanol–water partition coefficient (Wildman–Crippen LogP) is 4.52. The summed E-state index contributed by atoms with van der Waals surface area (Å²) in [6.45, 7) is 4.88. The third-order valence-corrected chi connectivity index (χ3v) is 5.12. The fraction of sp³-hybridized carbons (Fsp3) is 0.389. The van der Waals surface area contributed by atoms with Gasteiger partial charge in [-0.15, -0.1) is 11.3 Å². The van der Waals surface area contributed by atoms with Crippen LogP contribution in [0.3, 0.4) is 0 Å². The Morgan fingerprint density at radius 3 is 2.86 bits per heavy atom. The number of benzene rings is 1. The highest BCUT2D eigenvalue weighted by atomic mass is 32.1. The lowest BCUT2D eigenvalue weighted by Crippen LogP contribution is -2.16. The lowest BCUT2D eigenvalue weighted by molar-refractivity contribution is 0.102. The number of anilines is 1. The van der Waals surface area contributed by atoms with E-state index in [1.165, 1.54) is 16.9 Å². The summed E-state index contributed by atoms with van der Waals surface area (Å²) in [5.41, 5.74) is 2.91. The third-order valence-electron chi connectivity index (χ3n) is 4.07. The van der Waals surface area contributed by atoms with E-state index in [-0.39, 0.29) is 5.91 Å². The van der Waals surface area contributed by atoms with Gasteiger partial charge in [-0.05, 0) is 61.9 Å². The van der Waals surface area contributed by atoms with Gasteiger partial charge in [-0.3, -0.25) is 4.79 Å². The van der Waals surface area contributed by atoms with Gasteiger partial charge in [0, 0.05) is 15.9 Å². The van der Waals surface area contributed by atoms with Gasteiger partial charge in [0.1, 0.15) is 5.75 Å². The van der Waals surface area contributed by atoms with Crippen LogP contribution in [0.1, 0.15) is 41.1 Å². The molecule has 0 spiro atoms. The van der Waals surface area contributed by atoms with Gasteiger partial charge in [-0.25, -0.2) is 0 Å². The second-order valence-electron chi connectivity index (χ2n) is 5.81. The number of carbonyl (C=O) groups excluding carboxylic acids is 1. The van der Waals surface area contributed by atoms with Crippen LogP contribution in [-0.2, 0) is 12.8 Å². The molecule has 22 heavy (non-hydrogen) atoms. The molecule has 1 aliphatic carbocycles. The number of fused-ring (bicyclic) bond motifs is 1. The van der Waals surface area contributed by atoms with E-state index < -0.39 is 0 Å². The average molecular weight is 315 g/mol. The average Bonchev–Trinajstić information content (AvgIpc) is 2.92. The molecule has 1 atom stereocenters. The van der Waals surface area contributed by atoms with E-state index in [1.54, 1.807) is 11.3 Å². The smallest absolute Gasteiger partial charge is 0.256 e. The van der Waals surface area contributed by atoms with Gasteiger partial charge in [-0.1, -0.05) is 6.92 Å². The first kappa shape index (κ1) is 15.1. The molecule has 1 aliphatic rings. The molecule has 116 valence electrons. The molecular weight excluding hydrogens is 294 g/mol. The van der Waals surface area contributed by atoms with Gasteiger partial charge < -0.3 is 10.1 Å². The van der Waals surface area contributed by atoms with E-state index in [0.717, 1.165) is 35.8 Å². The lowest BCUT2D eigenvalue weighted by Gasteiger charge is -2.18. The zero-order valence-corrected chi connectivity index (χ0v) is 13.8. The molecule has 0 bridgehead atoms. The van der Waals surface area contributed by atoms with Crippen molar-refractivity contribution in [1.82, 2.24) is 0 Å². The Hall–Kier alpha value is -1.81. The van der Waals surface area contributed by atoms with E-state index in [9.17, 15) is 4.79 Å². The molecule has 0 saturated heterocycles. The summed E-state index contributed by atoms with van der Waals surface area (Å²) in [5, 5.41) is 4.99. The molecule has 1 aromatic heterocycles. The van der Waals surface area contributed by atoms with Crippen LogP contribution in [0.25, 0.3) is 0 Å². The van der Waals surface area contributed by atoms with Crippen LogP contribution in [0.5, 0.6) is 5.75 Å². The number of rotatable bonds is 4. The van der Waals surface area contributed by atoms with Crippen LogP contribution in [-0.4, -0.2) is 12.5 Å². The van der Waals surface area contributed by atoms with Crippen molar-refractivity contribution in [2.45, 2.75) is 33.1 Å². The van der Waals surface area contributed by atoms with Gasteiger partial charge in [-0.2, -0.15) is 0 Å². The molecule has 0 saturated carbocycles. The summed E-state index contributed by atoms with van der Waals surface area (Å²) < 4.78 is 5.41. The van der Waals surface area contributed by atoms with Crippen LogP contribution in [0.4, 0.5) is 5.69 Å². The normalized spacial score (nSPS) is 16.9. The SMILES string of the molecule is CCOc1ccc(NC(=O)c2csc3c2CCC(C)C3)cc1. The minimum absolute atomic E-state index is 0.00351. The second kappa shape index (κ2) is 6.53. The van der Waals surface area contributed by atoms with Gasteiger partial charge in [0.2, 0.25) is 0 Å². The third kappa shape index (κ3) is 3.17. The maximum Gasteiger partial charge on any atom is 0.256 e. The summed E-state index contributed by atoms with van der Waals surface area (Å²) in [4.78, 5) is 13.9. The maximum absolute atomic E-state index is 12.5. The van der Waals surface area contributed by atoms with Gasteiger partial charge in [0.05, 0.1) is 12.2 Å². The fourth-order valence-electron chi connectivity index (χ4n) is 2.87. The van der Waals surface area contributed by atoms with Crippen LogP contribution in [0.15, 0.2) is 29.6 Å². The zero-order chi connectivity index (χ0) is 15.5. The van der Waals surface area contributed by atoms with Crippen molar-refractivity contribution in [1.29, 1.82) is 0 Å². The topological polar surface area (TPSA) is 38.3 Å². The lowest BCUT2D eigenvalue weighted by atomic mass is 9.88. The summed E-state index contributed by atoms with van der Waals surface area (Å²) in [7, 11) is 0. The van der Waals surface area contributed by atoms with Crippen molar-refractivity contribution in [2.75, 3.05) is 11.9 Å². The van der Waals surface area contributed by atoms with Gasteiger partial charge in [0.15, 0.2) is 0 Å². The number of ether oxygens (including phenoxy) is 1. The Labute approximate surface area is 135 Å². The van der Waals surface area contributed by atoms with Crippen molar-refractivity contribution in [3.63, 3.8) is 0 Å². The van der Waals surface area contributed by atoms with E-state index >= 15 is 0 Å². The van der Waals surface area contributed by atoms with Gasteiger partial charge in [0.25, 0.3) is 5.91 Å². The molecule has 3 nitrogen and oxygen atoms in total. The van der Waals surface area contributed by atoms with E-state index in [0.29, 0.717) is 6.61 Å². The fourth-order valence-corrected chi connectivity index (χ4v) is 4.11. The molecule has 3 rings (SSSR count). The van der Waals surface area contributed by atoms with E-state index in [2.05, 4.69) is 12.2 Å². The number of hydrogen-bond donors (Lipinski definition) is 1. The van der Waals surface area contributed by atoms with Crippen LogP contribution >= 0.6 is 11.3 Å². The highest BCUT2D eigenvalue weighted by Crippen LogP contribution is 2.33. The van der Waals surface area contributed by atoms with Crippen molar-refractivity contribution in [3.05, 3.63) is 45.6 Å². The number of carbonyl (C=O) groups is 1. The number of amides is 1. The predicted molar refractivity (Wildman–Crippen MR) is 91.1 cm³/mol. The standard InChI is InChI=1S/C18H21NO2S/c1-3-21-14-7-5-13(6-8-14)19-18(20)16-11-22-17-10-12(2)4-9-15(16)17/h5-8,11-12H,3-4,9-10H2,1-2H3,(H,19,20). The molecule has 1 amide bonds. The summed E-state index contributed by atoms with van der Waals surface area (Å²) >= 11 is 1.72. The van der Waals surface area contributed by atoms with Crippen molar-refractivity contribution < 1.29 is 9.53 Å². The summed E-state index contributed by atoms with van der Waals surface area (Å²) in [5.74, 6) is 1.55.